The Balaban J connectivity index is 1.58. The first-order valence-corrected chi connectivity index (χ1v) is 11.1. The fourth-order valence-electron chi connectivity index (χ4n) is 4.15. The maximum Gasteiger partial charge on any atom is 0.419 e. The largest absolute Gasteiger partial charge is 0.419 e. The highest BCUT2D eigenvalue weighted by Gasteiger charge is 2.36. The van der Waals surface area contributed by atoms with E-state index in [2.05, 4.69) is 41.5 Å². The second-order valence-electron chi connectivity index (χ2n) is 7.96. The molecule has 2 aromatic heterocycles. The van der Waals surface area contributed by atoms with Gasteiger partial charge in [-0.3, -0.25) is 4.79 Å². The van der Waals surface area contributed by atoms with Gasteiger partial charge in [-0.05, 0) is 47.4 Å². The van der Waals surface area contributed by atoms with E-state index >= 15 is 0 Å². The summed E-state index contributed by atoms with van der Waals surface area (Å²) in [5.74, 6) is 0.179. The Kier molecular flexibility index (Phi) is 5.32. The number of aromatic nitrogens is 3. The molecule has 168 valence electrons. The summed E-state index contributed by atoms with van der Waals surface area (Å²) in [5.41, 5.74) is 0.526. The first-order valence-electron chi connectivity index (χ1n) is 10.3. The number of β-lactam (4-membered cyclic amide) rings is 1. The molecule has 32 heavy (non-hydrogen) atoms. The Bertz CT molecular complexity index is 1190. The van der Waals surface area contributed by atoms with Crippen molar-refractivity contribution in [3.05, 3.63) is 34.6 Å². The maximum atomic E-state index is 13.8. The van der Waals surface area contributed by atoms with E-state index in [4.69, 9.17) is 0 Å². The van der Waals surface area contributed by atoms with Crippen molar-refractivity contribution in [1.82, 2.24) is 20.3 Å². The Morgan fingerprint density at radius 2 is 2.12 bits per heavy atom. The van der Waals surface area contributed by atoms with Gasteiger partial charge in [0.25, 0.3) is 0 Å². The van der Waals surface area contributed by atoms with Crippen LogP contribution in [0.5, 0.6) is 0 Å². The molecule has 2 aliphatic rings. The zero-order valence-electron chi connectivity index (χ0n) is 16.9. The van der Waals surface area contributed by atoms with E-state index in [1.54, 1.807) is 17.0 Å². The van der Waals surface area contributed by atoms with Crippen LogP contribution in [0.15, 0.2) is 29.0 Å². The topological polar surface area (TPSA) is 85.9 Å². The van der Waals surface area contributed by atoms with Crippen molar-refractivity contribution >= 4 is 44.4 Å². The number of aromatic amines is 1. The fourth-order valence-corrected chi connectivity index (χ4v) is 4.82. The molecule has 0 saturated carbocycles. The number of rotatable bonds is 4. The Morgan fingerprint density at radius 1 is 1.28 bits per heavy atom. The molecule has 2 aliphatic heterocycles. The summed E-state index contributed by atoms with van der Waals surface area (Å²) < 4.78 is 42.0. The number of nitrogens with zero attached hydrogens (tertiary/aromatic N) is 3. The second kappa shape index (κ2) is 8.04. The average molecular weight is 509 g/mol. The van der Waals surface area contributed by atoms with Gasteiger partial charge in [0.2, 0.25) is 11.9 Å². The highest BCUT2D eigenvalue weighted by Crippen LogP contribution is 2.42. The number of hydrogen-bond donors (Lipinski definition) is 3. The molecule has 1 aromatic carbocycles. The number of nitrogens with one attached hydrogen (secondary N) is 3. The summed E-state index contributed by atoms with van der Waals surface area (Å²) in [6.07, 6.45) is 0.102. The number of anilines is 2. The average Bonchev–Trinajstić information content (AvgIpc) is 3.19. The van der Waals surface area contributed by atoms with Crippen LogP contribution in [-0.4, -0.2) is 46.5 Å². The molecular weight excluding hydrogens is 489 g/mol. The Hall–Kier alpha value is -2.66. The monoisotopic (exact) mass is 508 g/mol. The summed E-state index contributed by atoms with van der Waals surface area (Å²) in [4.78, 5) is 24.7. The standard InChI is InChI=1S/C21H20BrF3N6O/c22-17-15(31-7-5-16(31)32)4-3-12-13(9-27-19(12)17)18-14(21(23,24)25)10-28-20(30-18)29-11-2-1-6-26-8-11/h3-4,9-11,26-27H,1-2,5-8H2,(H,28,29,30). The molecule has 7 nitrogen and oxygen atoms in total. The molecule has 0 aliphatic carbocycles. The summed E-state index contributed by atoms with van der Waals surface area (Å²) in [7, 11) is 0. The zero-order valence-corrected chi connectivity index (χ0v) is 18.5. The lowest BCUT2D eigenvalue weighted by Crippen LogP contribution is -2.43. The van der Waals surface area contributed by atoms with Crippen LogP contribution in [0.2, 0.25) is 0 Å². The number of amides is 1. The number of carbonyl (C=O) groups is 1. The molecule has 5 rings (SSSR count). The van der Waals surface area contributed by atoms with Gasteiger partial charge >= 0.3 is 6.18 Å². The fraction of sp³-hybridized carbons (Fsp3) is 0.381. The molecule has 4 heterocycles. The minimum absolute atomic E-state index is 0.0138. The summed E-state index contributed by atoms with van der Waals surface area (Å²) >= 11 is 3.51. The van der Waals surface area contributed by atoms with Gasteiger partial charge < -0.3 is 20.5 Å². The van der Waals surface area contributed by atoms with E-state index in [0.717, 1.165) is 25.6 Å². The molecule has 2 saturated heterocycles. The maximum absolute atomic E-state index is 13.8. The first-order chi connectivity index (χ1) is 15.3. The number of H-pyrrole nitrogens is 1. The molecule has 3 N–H and O–H groups in total. The van der Waals surface area contributed by atoms with Crippen LogP contribution in [0, 0.1) is 0 Å². The van der Waals surface area contributed by atoms with Crippen LogP contribution < -0.4 is 15.5 Å². The normalized spacial score (nSPS) is 19.3. The number of alkyl halides is 3. The molecule has 1 amide bonds. The minimum Gasteiger partial charge on any atom is -0.360 e. The highest BCUT2D eigenvalue weighted by molar-refractivity contribution is 9.10. The van der Waals surface area contributed by atoms with Gasteiger partial charge in [-0.15, -0.1) is 0 Å². The van der Waals surface area contributed by atoms with Crippen molar-refractivity contribution in [2.24, 2.45) is 0 Å². The van der Waals surface area contributed by atoms with Gasteiger partial charge in [-0.25, -0.2) is 9.97 Å². The lowest BCUT2D eigenvalue weighted by Gasteiger charge is -2.31. The van der Waals surface area contributed by atoms with Crippen molar-refractivity contribution in [2.75, 3.05) is 29.9 Å². The number of fused-ring (bicyclic) bond motifs is 1. The van der Waals surface area contributed by atoms with Gasteiger partial charge in [0, 0.05) is 48.9 Å². The van der Waals surface area contributed by atoms with E-state index < -0.39 is 11.7 Å². The molecule has 11 heteroatoms. The minimum atomic E-state index is -4.61. The van der Waals surface area contributed by atoms with Crippen molar-refractivity contribution < 1.29 is 18.0 Å². The molecule has 3 aromatic rings. The second-order valence-corrected chi connectivity index (χ2v) is 8.75. The quantitative estimate of drug-likeness (QED) is 0.457. The highest BCUT2D eigenvalue weighted by atomic mass is 79.9. The van der Waals surface area contributed by atoms with Crippen LogP contribution in [0.4, 0.5) is 24.8 Å². The SMILES string of the molecule is O=C1CCN1c1ccc2c(-c3nc(NC4CCCNC4)ncc3C(F)(F)F)c[nH]c2c1Br. The molecule has 2 fully saturated rings. The van der Waals surface area contributed by atoms with Crippen molar-refractivity contribution in [2.45, 2.75) is 31.5 Å². The smallest absolute Gasteiger partial charge is 0.360 e. The summed E-state index contributed by atoms with van der Waals surface area (Å²) in [5, 5.41) is 6.98. The van der Waals surface area contributed by atoms with Gasteiger partial charge in [-0.2, -0.15) is 13.2 Å². The van der Waals surface area contributed by atoms with Crippen molar-refractivity contribution in [3.8, 4) is 11.3 Å². The first kappa shape index (κ1) is 21.2. The lowest BCUT2D eigenvalue weighted by atomic mass is 10.0. The molecule has 0 spiro atoms. The van der Waals surface area contributed by atoms with E-state index in [1.165, 1.54) is 6.20 Å². The van der Waals surface area contributed by atoms with Crippen LogP contribution >= 0.6 is 15.9 Å². The predicted octanol–water partition coefficient (Wildman–Crippen LogP) is 4.31. The molecule has 0 bridgehead atoms. The molecular formula is C21H20BrF3N6O. The number of halogens is 4. The van der Waals surface area contributed by atoms with E-state index in [-0.39, 0.29) is 23.6 Å². The lowest BCUT2D eigenvalue weighted by molar-refractivity contribution is -0.137. The van der Waals surface area contributed by atoms with Crippen LogP contribution in [-0.2, 0) is 11.0 Å². The van der Waals surface area contributed by atoms with E-state index in [9.17, 15) is 18.0 Å². The number of carbonyl (C=O) groups excluding carboxylic acids is 1. The Labute approximate surface area is 189 Å². The van der Waals surface area contributed by atoms with Gasteiger partial charge in [0.15, 0.2) is 0 Å². The third-order valence-electron chi connectivity index (χ3n) is 5.89. The van der Waals surface area contributed by atoms with E-state index in [0.29, 0.717) is 46.1 Å². The van der Waals surface area contributed by atoms with Gasteiger partial charge in [0.05, 0.1) is 21.4 Å². The van der Waals surface area contributed by atoms with Crippen molar-refractivity contribution in [1.29, 1.82) is 0 Å². The Morgan fingerprint density at radius 3 is 2.78 bits per heavy atom. The third kappa shape index (κ3) is 3.73. The zero-order chi connectivity index (χ0) is 22.5. The molecule has 0 radical (unpaired) electrons. The van der Waals surface area contributed by atoms with E-state index in [1.807, 2.05) is 0 Å². The summed E-state index contributed by atoms with van der Waals surface area (Å²) in [6, 6.07) is 3.51. The van der Waals surface area contributed by atoms with Crippen molar-refractivity contribution in [3.63, 3.8) is 0 Å². The predicted molar refractivity (Wildman–Crippen MR) is 119 cm³/mol. The van der Waals surface area contributed by atoms with Gasteiger partial charge in [-0.1, -0.05) is 0 Å². The van der Waals surface area contributed by atoms with Crippen LogP contribution in [0.1, 0.15) is 24.8 Å². The number of piperidine rings is 1. The number of hydrogen-bond acceptors (Lipinski definition) is 5. The molecule has 1 atom stereocenters. The van der Waals surface area contributed by atoms with Crippen LogP contribution in [0.3, 0.4) is 0 Å². The van der Waals surface area contributed by atoms with Gasteiger partial charge in [0.1, 0.15) is 5.56 Å². The number of benzene rings is 1. The van der Waals surface area contributed by atoms with Crippen LogP contribution in [0.25, 0.3) is 22.2 Å². The molecule has 1 unspecified atom stereocenters. The third-order valence-corrected chi connectivity index (χ3v) is 6.70. The summed E-state index contributed by atoms with van der Waals surface area (Å²) in [6.45, 7) is 2.25.